The normalized spacial score (nSPS) is 29.2. The number of likely N-dealkylation sites (tertiary alicyclic amines) is 2. The molecule has 4 atom stereocenters. The summed E-state index contributed by atoms with van der Waals surface area (Å²) < 4.78 is 5.10. The van der Waals surface area contributed by atoms with E-state index in [1.165, 1.54) is 44.0 Å². The fourth-order valence-electron chi connectivity index (χ4n) is 7.11. The van der Waals surface area contributed by atoms with Crippen molar-refractivity contribution in [2.45, 2.75) is 58.0 Å². The molecule has 2 aromatic rings. The van der Waals surface area contributed by atoms with Gasteiger partial charge in [-0.15, -0.1) is 0 Å². The lowest BCUT2D eigenvalue weighted by Crippen LogP contribution is -2.54. The van der Waals surface area contributed by atoms with Crippen molar-refractivity contribution in [2.24, 2.45) is 11.8 Å². The summed E-state index contributed by atoms with van der Waals surface area (Å²) in [6, 6.07) is 9.67. The van der Waals surface area contributed by atoms with Gasteiger partial charge in [-0.1, -0.05) is 0 Å². The third-order valence-electron chi connectivity index (χ3n) is 9.19. The lowest BCUT2D eigenvalue weighted by molar-refractivity contribution is -0.127. The number of carbonyl (C=O) groups excluding carboxylic acids is 2. The van der Waals surface area contributed by atoms with Crippen molar-refractivity contribution in [1.29, 1.82) is 0 Å². The van der Waals surface area contributed by atoms with Crippen molar-refractivity contribution in [2.75, 3.05) is 49.1 Å². The van der Waals surface area contributed by atoms with Crippen LogP contribution in [0.3, 0.4) is 0 Å². The second-order valence-corrected chi connectivity index (χ2v) is 11.3. The maximum absolute atomic E-state index is 13.7. The summed E-state index contributed by atoms with van der Waals surface area (Å²) in [4.78, 5) is 35.6. The van der Waals surface area contributed by atoms with Gasteiger partial charge in [0.1, 0.15) is 6.26 Å². The number of nitrogens with zero attached hydrogens (tertiary/aromatic N) is 4. The highest BCUT2D eigenvalue weighted by Crippen LogP contribution is 2.37. The topological polar surface area (TPSA) is 60.2 Å². The highest BCUT2D eigenvalue weighted by atomic mass is 16.3. The van der Waals surface area contributed by atoms with E-state index in [1.54, 1.807) is 6.07 Å². The first-order valence-electron chi connectivity index (χ1n) is 13.7. The fourth-order valence-corrected chi connectivity index (χ4v) is 7.11. The Bertz CT molecular complexity index is 1120. The Balaban J connectivity index is 1.14. The molecule has 2 amide bonds. The van der Waals surface area contributed by atoms with E-state index in [0.717, 1.165) is 43.7 Å². The first-order chi connectivity index (χ1) is 17.5. The maximum atomic E-state index is 13.7. The zero-order valence-electron chi connectivity index (χ0n) is 21.6. The summed E-state index contributed by atoms with van der Waals surface area (Å²) in [6.45, 7) is 9.88. The molecule has 4 fully saturated rings. The van der Waals surface area contributed by atoms with Crippen LogP contribution in [0.25, 0.3) is 0 Å². The molecule has 0 bridgehead atoms. The van der Waals surface area contributed by atoms with Gasteiger partial charge in [0.15, 0.2) is 0 Å². The van der Waals surface area contributed by atoms with E-state index in [9.17, 15) is 9.59 Å². The van der Waals surface area contributed by atoms with E-state index in [2.05, 4.69) is 41.8 Å². The van der Waals surface area contributed by atoms with Crippen molar-refractivity contribution in [1.82, 2.24) is 9.80 Å². The van der Waals surface area contributed by atoms with E-state index < -0.39 is 0 Å². The van der Waals surface area contributed by atoms with E-state index >= 15 is 0 Å². The first-order valence-corrected chi connectivity index (χ1v) is 13.7. The van der Waals surface area contributed by atoms with Crippen LogP contribution in [0.5, 0.6) is 0 Å². The van der Waals surface area contributed by atoms with Crippen LogP contribution in [-0.2, 0) is 4.79 Å². The zero-order valence-corrected chi connectivity index (χ0v) is 21.6. The van der Waals surface area contributed by atoms with E-state index in [1.807, 2.05) is 9.80 Å². The van der Waals surface area contributed by atoms with Crippen molar-refractivity contribution in [3.05, 3.63) is 47.9 Å². The minimum absolute atomic E-state index is 0.0418. The molecule has 2 unspecified atom stereocenters. The van der Waals surface area contributed by atoms with E-state index in [-0.39, 0.29) is 17.7 Å². The Morgan fingerprint density at radius 2 is 1.86 bits per heavy atom. The minimum Gasteiger partial charge on any atom is -0.472 e. The molecule has 4 aliphatic heterocycles. The Kier molecular flexibility index (Phi) is 6.28. The molecule has 6 rings (SSSR count). The molecule has 5 heterocycles. The number of benzene rings is 1. The number of anilines is 2. The van der Waals surface area contributed by atoms with Gasteiger partial charge in [-0.2, -0.15) is 0 Å². The van der Waals surface area contributed by atoms with Crippen LogP contribution in [0.4, 0.5) is 11.4 Å². The van der Waals surface area contributed by atoms with Gasteiger partial charge in [0, 0.05) is 56.2 Å². The second kappa shape index (κ2) is 9.58. The van der Waals surface area contributed by atoms with Crippen LogP contribution in [-0.4, -0.2) is 73.0 Å². The van der Waals surface area contributed by atoms with Crippen LogP contribution in [0.2, 0.25) is 0 Å². The standard InChI is InChI=1S/C29H38N4O3/c1-20-16-24(30-13-9-25(17-30)32-11-3-4-21(32)2)5-6-27(20)33-14-8-22-7-12-31(18-26(22)29(33)35)28(34)23-10-15-36-19-23/h5-6,10,15-16,19,21-22,25-26H,3-4,7-9,11-14,17-18H2,1-2H3/t21-,22?,25-,26?/m0/s1. The summed E-state index contributed by atoms with van der Waals surface area (Å²) >= 11 is 0. The molecule has 4 aliphatic rings. The minimum atomic E-state index is -0.135. The Morgan fingerprint density at radius 3 is 2.61 bits per heavy atom. The highest BCUT2D eigenvalue weighted by molar-refractivity contribution is 5.98. The number of aryl methyl sites for hydroxylation is 1. The third kappa shape index (κ3) is 4.21. The number of hydrogen-bond acceptors (Lipinski definition) is 5. The number of hydrogen-bond donors (Lipinski definition) is 0. The van der Waals surface area contributed by atoms with Crippen LogP contribution in [0, 0.1) is 18.8 Å². The van der Waals surface area contributed by atoms with Crippen molar-refractivity contribution in [3.8, 4) is 0 Å². The average molecular weight is 491 g/mol. The molecule has 1 aromatic carbocycles. The largest absolute Gasteiger partial charge is 0.472 e. The Morgan fingerprint density at radius 1 is 1.00 bits per heavy atom. The summed E-state index contributed by atoms with van der Waals surface area (Å²) in [7, 11) is 0. The Hall–Kier alpha value is -2.80. The van der Waals surface area contributed by atoms with Gasteiger partial charge in [0.2, 0.25) is 5.91 Å². The number of carbonyl (C=O) groups is 2. The van der Waals surface area contributed by atoms with Crippen LogP contribution < -0.4 is 9.80 Å². The van der Waals surface area contributed by atoms with Gasteiger partial charge in [-0.05, 0) is 88.2 Å². The molecule has 1 aromatic heterocycles. The third-order valence-corrected chi connectivity index (χ3v) is 9.19. The number of amides is 2. The van der Waals surface area contributed by atoms with Gasteiger partial charge in [0.05, 0.1) is 17.7 Å². The zero-order chi connectivity index (χ0) is 24.8. The van der Waals surface area contributed by atoms with Crippen LogP contribution in [0.15, 0.2) is 41.2 Å². The van der Waals surface area contributed by atoms with Gasteiger partial charge in [0.25, 0.3) is 5.91 Å². The van der Waals surface area contributed by atoms with Gasteiger partial charge >= 0.3 is 0 Å². The Labute approximate surface area is 214 Å². The van der Waals surface area contributed by atoms with Crippen LogP contribution >= 0.6 is 0 Å². The summed E-state index contributed by atoms with van der Waals surface area (Å²) in [5, 5.41) is 0. The number of piperidine rings is 2. The monoisotopic (exact) mass is 490 g/mol. The molecule has 192 valence electrons. The second-order valence-electron chi connectivity index (χ2n) is 11.3. The van der Waals surface area contributed by atoms with Crippen LogP contribution in [0.1, 0.15) is 54.9 Å². The summed E-state index contributed by atoms with van der Waals surface area (Å²) in [6.07, 6.45) is 8.77. The lowest BCUT2D eigenvalue weighted by atomic mass is 9.79. The summed E-state index contributed by atoms with van der Waals surface area (Å²) in [5.41, 5.74) is 4.00. The molecule has 0 N–H and O–H groups in total. The maximum Gasteiger partial charge on any atom is 0.257 e. The molecule has 7 heteroatoms. The molecule has 0 spiro atoms. The van der Waals surface area contributed by atoms with E-state index in [4.69, 9.17) is 4.42 Å². The molecule has 4 saturated heterocycles. The number of furan rings is 1. The molecular weight excluding hydrogens is 452 g/mol. The molecular formula is C29H38N4O3. The number of fused-ring (bicyclic) bond motifs is 1. The van der Waals surface area contributed by atoms with Gasteiger partial charge < -0.3 is 19.1 Å². The van der Waals surface area contributed by atoms with E-state index in [0.29, 0.717) is 36.7 Å². The average Bonchev–Trinajstić information content (AvgIpc) is 3.66. The molecule has 7 nitrogen and oxygen atoms in total. The molecule has 0 radical (unpaired) electrons. The SMILES string of the molecule is Cc1cc(N2CC[C@H](N3CCC[C@@H]3C)C2)ccc1N1CCC2CCN(C(=O)c3ccoc3)CC2C1=O. The van der Waals surface area contributed by atoms with Gasteiger partial charge in [-0.25, -0.2) is 0 Å². The van der Waals surface area contributed by atoms with Gasteiger partial charge in [-0.3, -0.25) is 14.5 Å². The lowest BCUT2D eigenvalue weighted by Gasteiger charge is -2.44. The predicted molar refractivity (Wildman–Crippen MR) is 140 cm³/mol. The predicted octanol–water partition coefficient (Wildman–Crippen LogP) is 4.17. The first kappa shape index (κ1) is 23.6. The number of rotatable bonds is 4. The molecule has 36 heavy (non-hydrogen) atoms. The fraction of sp³-hybridized carbons (Fsp3) is 0.586. The summed E-state index contributed by atoms with van der Waals surface area (Å²) in [5.74, 6) is 0.344. The quantitative estimate of drug-likeness (QED) is 0.644. The molecule has 0 saturated carbocycles. The van der Waals surface area contributed by atoms with Crippen molar-refractivity contribution >= 4 is 23.2 Å². The van der Waals surface area contributed by atoms with Crippen molar-refractivity contribution < 1.29 is 14.0 Å². The molecule has 0 aliphatic carbocycles. The van der Waals surface area contributed by atoms with Crippen molar-refractivity contribution in [3.63, 3.8) is 0 Å². The highest BCUT2D eigenvalue weighted by Gasteiger charge is 2.42. The smallest absolute Gasteiger partial charge is 0.257 e.